The van der Waals surface area contributed by atoms with Gasteiger partial charge in [0.1, 0.15) is 5.75 Å². The Morgan fingerprint density at radius 3 is 2.39 bits per heavy atom. The van der Waals surface area contributed by atoms with E-state index < -0.39 is 0 Å². The highest BCUT2D eigenvalue weighted by molar-refractivity contribution is 5.49. The Kier molecular flexibility index (Phi) is 6.16. The monoisotopic (exact) mass is 377 g/mol. The topological polar surface area (TPSA) is 61.4 Å². The third-order valence-electron chi connectivity index (χ3n) is 4.61. The number of aryl methyl sites for hydroxylation is 1. The van der Waals surface area contributed by atoms with Crippen molar-refractivity contribution >= 4 is 17.8 Å². The van der Waals surface area contributed by atoms with Gasteiger partial charge in [0.2, 0.25) is 0 Å². The molecule has 1 aromatic heterocycles. The first-order valence-corrected chi connectivity index (χ1v) is 9.37. The van der Waals surface area contributed by atoms with Crippen LogP contribution in [-0.4, -0.2) is 35.8 Å². The maximum Gasteiger partial charge on any atom is 0.300 e. The first-order chi connectivity index (χ1) is 13.5. The molecule has 1 unspecified atom stereocenters. The fourth-order valence-electron chi connectivity index (χ4n) is 2.93. The van der Waals surface area contributed by atoms with Crippen molar-refractivity contribution in [1.82, 2.24) is 9.97 Å². The third-order valence-corrected chi connectivity index (χ3v) is 4.61. The molecule has 0 saturated carbocycles. The fraction of sp³-hybridized carbons (Fsp3) is 0.261. The van der Waals surface area contributed by atoms with Gasteiger partial charge in [0, 0.05) is 25.7 Å². The van der Waals surface area contributed by atoms with Crippen molar-refractivity contribution in [2.75, 3.05) is 25.6 Å². The SMILES string of the molecule is Cc1ccc(Oc2nc(=C/CO)/c(=C\C(C)c3ccc(N(C)C)cc3)[nH]2)cc1. The highest BCUT2D eigenvalue weighted by atomic mass is 16.5. The van der Waals surface area contributed by atoms with Gasteiger partial charge in [0.15, 0.2) is 0 Å². The number of hydrogen-bond donors (Lipinski definition) is 2. The number of ether oxygens (including phenoxy) is 1. The quantitative estimate of drug-likeness (QED) is 0.693. The van der Waals surface area contributed by atoms with Crippen molar-refractivity contribution in [2.45, 2.75) is 19.8 Å². The Balaban J connectivity index is 1.89. The molecular formula is C23H27N3O2. The van der Waals surface area contributed by atoms with E-state index in [1.54, 1.807) is 6.08 Å². The lowest BCUT2D eigenvalue weighted by molar-refractivity contribution is 0.354. The molecule has 0 aliphatic heterocycles. The molecule has 3 aromatic rings. The number of aromatic nitrogens is 2. The molecular weight excluding hydrogens is 350 g/mol. The summed E-state index contributed by atoms with van der Waals surface area (Å²) >= 11 is 0. The van der Waals surface area contributed by atoms with Gasteiger partial charge >= 0.3 is 0 Å². The summed E-state index contributed by atoms with van der Waals surface area (Å²) in [7, 11) is 4.06. The smallest absolute Gasteiger partial charge is 0.300 e. The first kappa shape index (κ1) is 19.7. The summed E-state index contributed by atoms with van der Waals surface area (Å²) < 4.78 is 5.84. The Morgan fingerprint density at radius 2 is 1.79 bits per heavy atom. The van der Waals surface area contributed by atoms with Gasteiger partial charge in [0.05, 0.1) is 17.3 Å². The van der Waals surface area contributed by atoms with Crippen LogP contribution >= 0.6 is 0 Å². The molecule has 0 radical (unpaired) electrons. The number of hydrogen-bond acceptors (Lipinski definition) is 4. The van der Waals surface area contributed by atoms with Crippen molar-refractivity contribution in [3.05, 3.63) is 70.4 Å². The number of anilines is 1. The average molecular weight is 377 g/mol. The van der Waals surface area contributed by atoms with Gasteiger partial charge in [-0.05, 0) is 42.8 Å². The van der Waals surface area contributed by atoms with Crippen LogP contribution in [0.1, 0.15) is 24.0 Å². The molecule has 1 atom stereocenters. The van der Waals surface area contributed by atoms with E-state index in [1.807, 2.05) is 45.3 Å². The minimum absolute atomic E-state index is 0.0818. The number of aliphatic hydroxyl groups excluding tert-OH is 1. The van der Waals surface area contributed by atoms with Gasteiger partial charge in [-0.1, -0.05) is 42.8 Å². The maximum absolute atomic E-state index is 9.34. The van der Waals surface area contributed by atoms with Crippen molar-refractivity contribution in [2.24, 2.45) is 0 Å². The lowest BCUT2D eigenvalue weighted by Crippen LogP contribution is -2.25. The number of benzene rings is 2. The van der Waals surface area contributed by atoms with Crippen molar-refractivity contribution in [3.8, 4) is 11.8 Å². The van der Waals surface area contributed by atoms with Crippen LogP contribution in [0.2, 0.25) is 0 Å². The molecule has 0 fully saturated rings. The molecule has 0 amide bonds. The van der Waals surface area contributed by atoms with Crippen LogP contribution in [0.5, 0.6) is 11.8 Å². The number of nitrogens with one attached hydrogen (secondary N) is 1. The molecule has 0 aliphatic carbocycles. The normalized spacial score (nSPS) is 13.6. The van der Waals surface area contributed by atoms with Gasteiger partial charge < -0.3 is 19.7 Å². The molecule has 5 heteroatoms. The highest BCUT2D eigenvalue weighted by Crippen LogP contribution is 2.20. The summed E-state index contributed by atoms with van der Waals surface area (Å²) in [6, 6.07) is 16.7. The van der Waals surface area contributed by atoms with Crippen LogP contribution < -0.4 is 20.3 Å². The maximum atomic E-state index is 9.34. The van der Waals surface area contributed by atoms with Crippen LogP contribution in [0.3, 0.4) is 0 Å². The summed E-state index contributed by atoms with van der Waals surface area (Å²) in [4.78, 5) is 9.77. The fourth-order valence-corrected chi connectivity index (χ4v) is 2.93. The van der Waals surface area contributed by atoms with E-state index in [0.717, 1.165) is 5.35 Å². The molecule has 0 saturated heterocycles. The minimum Gasteiger partial charge on any atom is -0.426 e. The highest BCUT2D eigenvalue weighted by Gasteiger charge is 2.06. The molecule has 28 heavy (non-hydrogen) atoms. The van der Waals surface area contributed by atoms with Gasteiger partial charge in [-0.2, -0.15) is 4.98 Å². The molecule has 0 bridgehead atoms. The summed E-state index contributed by atoms with van der Waals surface area (Å²) in [6.45, 7) is 4.08. The summed E-state index contributed by atoms with van der Waals surface area (Å²) in [5, 5.41) is 10.9. The molecule has 5 nitrogen and oxygen atoms in total. The summed E-state index contributed by atoms with van der Waals surface area (Å²) in [5.74, 6) is 0.892. The number of rotatable bonds is 6. The molecule has 2 N–H and O–H groups in total. The molecule has 146 valence electrons. The van der Waals surface area contributed by atoms with Gasteiger partial charge in [-0.15, -0.1) is 0 Å². The molecule has 0 spiro atoms. The predicted molar refractivity (Wildman–Crippen MR) is 114 cm³/mol. The van der Waals surface area contributed by atoms with E-state index in [1.165, 1.54) is 16.8 Å². The molecule has 1 heterocycles. The van der Waals surface area contributed by atoms with Gasteiger partial charge in [-0.25, -0.2) is 0 Å². The van der Waals surface area contributed by atoms with E-state index in [-0.39, 0.29) is 12.5 Å². The average Bonchev–Trinajstić information content (AvgIpc) is 3.05. The number of aliphatic hydroxyl groups is 1. The van der Waals surface area contributed by atoms with E-state index in [4.69, 9.17) is 4.74 Å². The Labute approximate surface area is 165 Å². The molecule has 0 aliphatic rings. The van der Waals surface area contributed by atoms with Crippen LogP contribution in [0, 0.1) is 6.92 Å². The number of H-pyrrole nitrogens is 1. The zero-order valence-electron chi connectivity index (χ0n) is 16.8. The Hall–Kier alpha value is -3.05. The number of aromatic amines is 1. The van der Waals surface area contributed by atoms with Crippen LogP contribution in [0.25, 0.3) is 12.2 Å². The number of imidazole rings is 1. The number of nitrogens with zero attached hydrogens (tertiary/aromatic N) is 2. The second-order valence-corrected chi connectivity index (χ2v) is 7.08. The zero-order valence-corrected chi connectivity index (χ0v) is 16.8. The van der Waals surface area contributed by atoms with Crippen LogP contribution in [0.4, 0.5) is 5.69 Å². The second-order valence-electron chi connectivity index (χ2n) is 7.08. The molecule has 3 rings (SSSR count). The lowest BCUT2D eigenvalue weighted by Gasteiger charge is -2.14. The third kappa shape index (κ3) is 4.81. The predicted octanol–water partition coefficient (Wildman–Crippen LogP) is 2.93. The first-order valence-electron chi connectivity index (χ1n) is 9.37. The Bertz CT molecular complexity index is 1020. The zero-order chi connectivity index (χ0) is 20.1. The van der Waals surface area contributed by atoms with E-state index in [2.05, 4.69) is 52.1 Å². The summed E-state index contributed by atoms with van der Waals surface area (Å²) in [6.07, 6.45) is 3.77. The second kappa shape index (κ2) is 8.76. The Morgan fingerprint density at radius 1 is 1.11 bits per heavy atom. The van der Waals surface area contributed by atoms with E-state index in [0.29, 0.717) is 17.1 Å². The largest absolute Gasteiger partial charge is 0.426 e. The van der Waals surface area contributed by atoms with Crippen molar-refractivity contribution in [1.29, 1.82) is 0 Å². The van der Waals surface area contributed by atoms with E-state index in [9.17, 15) is 5.11 Å². The van der Waals surface area contributed by atoms with E-state index >= 15 is 0 Å². The van der Waals surface area contributed by atoms with Gasteiger partial charge in [-0.3, -0.25) is 0 Å². The molecule has 2 aromatic carbocycles. The van der Waals surface area contributed by atoms with Gasteiger partial charge in [0.25, 0.3) is 6.01 Å². The standard InChI is InChI=1S/C23H27N3O2/c1-16-5-11-20(12-6-16)28-23-24-21(13-14-27)22(25-23)15-17(2)18-7-9-19(10-8-18)26(3)4/h5-13,15,17,27H,14H2,1-4H3,(H,24,25)/b21-13+,22-15+. The van der Waals surface area contributed by atoms with Crippen molar-refractivity contribution in [3.63, 3.8) is 0 Å². The van der Waals surface area contributed by atoms with Crippen LogP contribution in [-0.2, 0) is 0 Å². The van der Waals surface area contributed by atoms with Crippen molar-refractivity contribution < 1.29 is 9.84 Å². The lowest BCUT2D eigenvalue weighted by atomic mass is 10.0. The van der Waals surface area contributed by atoms with Crippen LogP contribution in [0.15, 0.2) is 48.5 Å². The summed E-state index contributed by atoms with van der Waals surface area (Å²) in [5.41, 5.74) is 3.54. The minimum atomic E-state index is -0.0818.